The lowest BCUT2D eigenvalue weighted by atomic mass is 9.68. The molecule has 2 aliphatic heterocycles. The highest BCUT2D eigenvalue weighted by atomic mass is 16.7. The van der Waals surface area contributed by atoms with Gasteiger partial charge in [0.05, 0.1) is 22.4 Å². The normalized spacial score (nSPS) is 29.8. The third-order valence-electron chi connectivity index (χ3n) is 10.1. The lowest BCUT2D eigenvalue weighted by Crippen LogP contribution is -2.41. The Balaban J connectivity index is 1.60. The summed E-state index contributed by atoms with van der Waals surface area (Å²) in [5.41, 5.74) is 2.92. The van der Waals surface area contributed by atoms with E-state index in [1.165, 1.54) is 11.1 Å². The van der Waals surface area contributed by atoms with Crippen LogP contribution in [0.1, 0.15) is 106 Å². The second-order valence-electron chi connectivity index (χ2n) is 13.0. The highest BCUT2D eigenvalue weighted by Crippen LogP contribution is 2.54. The third kappa shape index (κ3) is 4.27. The van der Waals surface area contributed by atoms with Crippen LogP contribution in [-0.2, 0) is 24.0 Å². The van der Waals surface area contributed by atoms with Gasteiger partial charge in [0.2, 0.25) is 0 Å². The first-order chi connectivity index (χ1) is 16.1. The van der Waals surface area contributed by atoms with Gasteiger partial charge >= 0.3 is 14.2 Å². The molecule has 2 heterocycles. The van der Waals surface area contributed by atoms with E-state index in [1.54, 1.807) is 0 Å². The highest BCUT2D eigenvalue weighted by molar-refractivity contribution is 6.62. The molecule has 0 aromatic heterocycles. The highest BCUT2D eigenvalue weighted by Gasteiger charge is 2.53. The number of fused-ring (bicyclic) bond motifs is 1. The average Bonchev–Trinajstić information content (AvgIpc) is 3.22. The van der Waals surface area contributed by atoms with E-state index < -0.39 is 0 Å². The van der Waals surface area contributed by atoms with Crippen LogP contribution in [0.15, 0.2) is 30.4 Å². The zero-order chi connectivity index (χ0) is 26.0. The van der Waals surface area contributed by atoms with Crippen molar-refractivity contribution in [1.82, 2.24) is 0 Å². The molecule has 1 aromatic rings. The summed E-state index contributed by atoms with van der Waals surface area (Å²) in [7, 11) is -0.523. The lowest BCUT2D eigenvalue weighted by Gasteiger charge is -2.34. The Kier molecular flexibility index (Phi) is 6.75. The van der Waals surface area contributed by atoms with E-state index in [-0.39, 0.29) is 42.1 Å². The lowest BCUT2D eigenvalue weighted by molar-refractivity contribution is 0.00578. The molecule has 4 nitrogen and oxygen atoms in total. The third-order valence-corrected chi connectivity index (χ3v) is 10.1. The van der Waals surface area contributed by atoms with E-state index >= 15 is 0 Å². The molecular formula is C29H46B2O4. The van der Waals surface area contributed by atoms with E-state index in [4.69, 9.17) is 18.6 Å². The van der Waals surface area contributed by atoms with E-state index in [9.17, 15) is 0 Å². The van der Waals surface area contributed by atoms with Crippen LogP contribution >= 0.6 is 0 Å². The fourth-order valence-corrected chi connectivity index (χ4v) is 6.22. The Bertz CT molecular complexity index is 945. The van der Waals surface area contributed by atoms with Crippen LogP contribution in [0, 0.1) is 5.92 Å². The molecule has 2 atom stereocenters. The summed E-state index contributed by atoms with van der Waals surface area (Å²) in [5, 5.41) is 0. The predicted octanol–water partition coefficient (Wildman–Crippen LogP) is 6.43. The zero-order valence-corrected chi connectivity index (χ0v) is 24.0. The Morgan fingerprint density at radius 1 is 0.800 bits per heavy atom. The van der Waals surface area contributed by atoms with Crippen LogP contribution in [0.3, 0.4) is 0 Å². The molecule has 1 aromatic carbocycles. The fraction of sp³-hybridized carbons (Fsp3) is 0.724. The van der Waals surface area contributed by atoms with Crippen molar-refractivity contribution in [3.05, 3.63) is 41.5 Å². The van der Waals surface area contributed by atoms with Gasteiger partial charge in [-0.15, -0.1) is 0 Å². The van der Waals surface area contributed by atoms with E-state index in [0.29, 0.717) is 11.8 Å². The molecule has 192 valence electrons. The molecule has 0 saturated carbocycles. The number of rotatable bonds is 6. The van der Waals surface area contributed by atoms with Gasteiger partial charge in [0.1, 0.15) is 0 Å². The first-order valence-corrected chi connectivity index (χ1v) is 13.6. The quantitative estimate of drug-likeness (QED) is 0.348. The Morgan fingerprint density at radius 2 is 1.31 bits per heavy atom. The van der Waals surface area contributed by atoms with Gasteiger partial charge < -0.3 is 18.6 Å². The van der Waals surface area contributed by atoms with Crippen molar-refractivity contribution < 1.29 is 18.6 Å². The molecule has 0 amide bonds. The topological polar surface area (TPSA) is 36.9 Å². The summed E-state index contributed by atoms with van der Waals surface area (Å²) in [6.07, 6.45) is 7.67. The van der Waals surface area contributed by atoms with Crippen molar-refractivity contribution in [3.8, 4) is 0 Å². The smallest absolute Gasteiger partial charge is 0.403 e. The van der Waals surface area contributed by atoms with E-state index in [1.807, 2.05) is 0 Å². The van der Waals surface area contributed by atoms with Gasteiger partial charge in [0.15, 0.2) is 0 Å². The average molecular weight is 480 g/mol. The number of allylic oxidation sites excluding steroid dienone is 2. The second-order valence-corrected chi connectivity index (χ2v) is 13.0. The minimum Gasteiger partial charge on any atom is -0.403 e. The SMILES string of the molecule is CCC1(CC)c2cc(B3OC(C)(C)C(C)(C)O3)ccc2C(/C=C\CB2OC(C)(C)C(C)(C)O2)C1C. The first-order valence-electron chi connectivity index (χ1n) is 13.6. The zero-order valence-electron chi connectivity index (χ0n) is 24.0. The Morgan fingerprint density at radius 3 is 1.83 bits per heavy atom. The first kappa shape index (κ1) is 27.0. The monoisotopic (exact) mass is 480 g/mol. The molecule has 2 fully saturated rings. The second kappa shape index (κ2) is 8.75. The van der Waals surface area contributed by atoms with Crippen LogP contribution in [0.2, 0.25) is 6.32 Å². The summed E-state index contributed by atoms with van der Waals surface area (Å²) in [5.74, 6) is 0.885. The predicted molar refractivity (Wildman–Crippen MR) is 146 cm³/mol. The van der Waals surface area contributed by atoms with Crippen LogP contribution in [0.4, 0.5) is 0 Å². The van der Waals surface area contributed by atoms with Gasteiger partial charge in [-0.25, -0.2) is 0 Å². The maximum atomic E-state index is 6.39. The van der Waals surface area contributed by atoms with Crippen molar-refractivity contribution in [2.75, 3.05) is 0 Å². The summed E-state index contributed by atoms with van der Waals surface area (Å²) in [6.45, 7) is 24.0. The number of hydrogen-bond acceptors (Lipinski definition) is 4. The minimum absolute atomic E-state index is 0.147. The van der Waals surface area contributed by atoms with Gasteiger partial charge in [-0.05, 0) is 96.2 Å². The van der Waals surface area contributed by atoms with Gasteiger partial charge in [-0.1, -0.05) is 51.1 Å². The van der Waals surface area contributed by atoms with Gasteiger partial charge in [0, 0.05) is 12.2 Å². The summed E-state index contributed by atoms with van der Waals surface area (Å²) in [4.78, 5) is 0. The molecule has 2 saturated heterocycles. The van der Waals surface area contributed by atoms with E-state index in [2.05, 4.69) is 107 Å². The van der Waals surface area contributed by atoms with Crippen molar-refractivity contribution >= 4 is 19.7 Å². The molecule has 0 spiro atoms. The fourth-order valence-electron chi connectivity index (χ4n) is 6.22. The van der Waals surface area contributed by atoms with Crippen molar-refractivity contribution in [3.63, 3.8) is 0 Å². The molecule has 4 rings (SSSR count). The molecular weight excluding hydrogens is 434 g/mol. The Hall–Kier alpha value is -1.07. The maximum absolute atomic E-state index is 6.39. The summed E-state index contributed by atoms with van der Waals surface area (Å²) in [6, 6.07) is 6.91. The summed E-state index contributed by atoms with van der Waals surface area (Å²) >= 11 is 0. The standard InChI is InChI=1S/C29H46B2O4/c1-12-29(13-2)20(3)22(15-14-18-30-32-25(4,5)26(6,7)33-30)23-17-16-21(19-24(23)29)31-34-27(8,9)28(10,11)35-31/h14-17,19-20,22H,12-13,18H2,1-11H3/b15-14-. The molecule has 3 aliphatic rings. The molecule has 6 heteroatoms. The molecule has 2 unspecified atom stereocenters. The van der Waals surface area contributed by atoms with E-state index in [0.717, 1.165) is 24.6 Å². The largest absolute Gasteiger partial charge is 0.494 e. The minimum atomic E-state index is -0.338. The van der Waals surface area contributed by atoms with Crippen LogP contribution < -0.4 is 5.46 Å². The number of benzene rings is 1. The molecule has 0 radical (unpaired) electrons. The maximum Gasteiger partial charge on any atom is 0.494 e. The van der Waals surface area contributed by atoms with Gasteiger partial charge in [-0.2, -0.15) is 0 Å². The van der Waals surface area contributed by atoms with Crippen LogP contribution in [-0.4, -0.2) is 36.6 Å². The van der Waals surface area contributed by atoms with Gasteiger partial charge in [0.25, 0.3) is 0 Å². The van der Waals surface area contributed by atoms with Crippen LogP contribution in [0.25, 0.3) is 0 Å². The van der Waals surface area contributed by atoms with Crippen molar-refractivity contribution in [2.24, 2.45) is 5.92 Å². The molecule has 1 aliphatic carbocycles. The Labute approximate surface area is 214 Å². The molecule has 0 bridgehead atoms. The summed E-state index contributed by atoms with van der Waals surface area (Å²) < 4.78 is 25.2. The molecule has 35 heavy (non-hydrogen) atoms. The molecule has 0 N–H and O–H groups in total. The van der Waals surface area contributed by atoms with Crippen molar-refractivity contribution in [2.45, 2.75) is 129 Å². The van der Waals surface area contributed by atoms with Crippen molar-refractivity contribution in [1.29, 1.82) is 0 Å². The number of hydrogen-bond donors (Lipinski definition) is 0. The van der Waals surface area contributed by atoms with Gasteiger partial charge in [-0.3, -0.25) is 0 Å². The van der Waals surface area contributed by atoms with Crippen LogP contribution in [0.5, 0.6) is 0 Å².